The summed E-state index contributed by atoms with van der Waals surface area (Å²) < 4.78 is 52.2. The van der Waals surface area contributed by atoms with Crippen LogP contribution in [0.5, 0.6) is 0 Å². The molecular formula is C24H36F3N3O4. The Morgan fingerprint density at radius 2 is 1.82 bits per heavy atom. The summed E-state index contributed by atoms with van der Waals surface area (Å²) in [5.74, 6) is 0. The van der Waals surface area contributed by atoms with E-state index in [-0.39, 0.29) is 18.4 Å². The highest BCUT2D eigenvalue weighted by Crippen LogP contribution is 2.40. The third-order valence-corrected chi connectivity index (χ3v) is 6.07. The fraction of sp³-hybridized carbons (Fsp3) is 0.708. The van der Waals surface area contributed by atoms with Crippen molar-refractivity contribution in [1.82, 2.24) is 9.80 Å². The number of benzene rings is 1. The molecule has 0 bridgehead atoms. The number of carbonyl (C=O) groups is 1. The molecule has 0 saturated carbocycles. The van der Waals surface area contributed by atoms with Gasteiger partial charge in [0.05, 0.1) is 11.6 Å². The third kappa shape index (κ3) is 6.76. The van der Waals surface area contributed by atoms with Gasteiger partial charge in [0.2, 0.25) is 0 Å². The van der Waals surface area contributed by atoms with E-state index in [9.17, 15) is 23.1 Å². The Morgan fingerprint density at radius 3 is 2.41 bits per heavy atom. The van der Waals surface area contributed by atoms with E-state index < -0.39 is 29.7 Å². The first-order chi connectivity index (χ1) is 15.9. The van der Waals surface area contributed by atoms with E-state index in [1.54, 1.807) is 22.8 Å². The summed E-state index contributed by atoms with van der Waals surface area (Å²) in [4.78, 5) is 17.7. The highest BCUT2D eigenvalue weighted by Gasteiger charge is 2.39. The van der Waals surface area contributed by atoms with E-state index in [4.69, 9.17) is 9.47 Å². The summed E-state index contributed by atoms with van der Waals surface area (Å²) >= 11 is 0. The van der Waals surface area contributed by atoms with Gasteiger partial charge in [-0.3, -0.25) is 4.90 Å². The van der Waals surface area contributed by atoms with Crippen LogP contribution in [0.3, 0.4) is 0 Å². The zero-order valence-electron chi connectivity index (χ0n) is 20.4. The fourth-order valence-electron chi connectivity index (χ4n) is 4.50. The zero-order chi connectivity index (χ0) is 25.1. The number of anilines is 1. The second-order valence-electron chi connectivity index (χ2n) is 9.84. The van der Waals surface area contributed by atoms with Crippen LogP contribution in [0.4, 0.5) is 23.7 Å². The molecule has 2 saturated heterocycles. The minimum Gasteiger partial charge on any atom is -0.444 e. The summed E-state index contributed by atoms with van der Waals surface area (Å²) in [5.41, 5.74) is -0.431. The second-order valence-corrected chi connectivity index (χ2v) is 9.84. The Kier molecular flexibility index (Phi) is 8.36. The van der Waals surface area contributed by atoms with Crippen LogP contribution in [0, 0.1) is 0 Å². The van der Waals surface area contributed by atoms with Gasteiger partial charge in [-0.25, -0.2) is 4.79 Å². The maximum absolute atomic E-state index is 13.8. The van der Waals surface area contributed by atoms with Crippen molar-refractivity contribution < 1.29 is 32.5 Å². The maximum atomic E-state index is 13.8. The topological polar surface area (TPSA) is 65.5 Å². The number of aliphatic hydroxyl groups excluding tert-OH is 1. The Bertz CT molecular complexity index is 836. The van der Waals surface area contributed by atoms with E-state index in [1.807, 2.05) is 20.8 Å². The molecule has 1 N–H and O–H groups in total. The molecule has 2 heterocycles. The van der Waals surface area contributed by atoms with Crippen molar-refractivity contribution in [3.63, 3.8) is 0 Å². The molecule has 2 fully saturated rings. The van der Waals surface area contributed by atoms with Crippen LogP contribution in [0.2, 0.25) is 0 Å². The molecule has 1 amide bonds. The van der Waals surface area contributed by atoms with Crippen LogP contribution < -0.4 is 4.90 Å². The SMILES string of the molecule is CCOC(O)C1CCCN1c1cc(CN2CCN(C(=O)OC(C)(C)C)CC2)ccc1C(F)(F)F. The summed E-state index contributed by atoms with van der Waals surface area (Å²) in [7, 11) is 0. The number of aliphatic hydroxyl groups is 1. The average molecular weight is 488 g/mol. The molecule has 34 heavy (non-hydrogen) atoms. The monoisotopic (exact) mass is 487 g/mol. The molecule has 0 aliphatic carbocycles. The van der Waals surface area contributed by atoms with Crippen molar-refractivity contribution in [2.24, 2.45) is 0 Å². The van der Waals surface area contributed by atoms with Crippen LogP contribution >= 0.6 is 0 Å². The van der Waals surface area contributed by atoms with Crippen LogP contribution in [-0.2, 0) is 22.2 Å². The number of amides is 1. The molecule has 2 unspecified atom stereocenters. The molecule has 0 spiro atoms. The zero-order valence-corrected chi connectivity index (χ0v) is 20.4. The highest BCUT2D eigenvalue weighted by atomic mass is 19.4. The van der Waals surface area contributed by atoms with Crippen LogP contribution in [0.25, 0.3) is 0 Å². The first-order valence-electron chi connectivity index (χ1n) is 11.9. The number of piperazine rings is 1. The standard InChI is InChI=1S/C24H36F3N3O4/c1-5-33-21(31)19-7-6-10-30(19)20-15-17(8-9-18(20)24(25,26)27)16-28-11-13-29(14-12-28)22(32)34-23(2,3)4/h8-9,15,19,21,31H,5-7,10-14,16H2,1-4H3. The molecule has 2 aliphatic rings. The van der Waals surface area contributed by atoms with Gasteiger partial charge in [0.1, 0.15) is 5.60 Å². The molecule has 10 heteroatoms. The minimum absolute atomic E-state index is 0.0821. The van der Waals surface area contributed by atoms with Crippen molar-refractivity contribution in [2.75, 3.05) is 44.2 Å². The summed E-state index contributed by atoms with van der Waals surface area (Å²) in [6, 6.07) is 3.70. The number of ether oxygens (including phenoxy) is 2. The van der Waals surface area contributed by atoms with Crippen molar-refractivity contribution >= 4 is 11.8 Å². The largest absolute Gasteiger partial charge is 0.444 e. The van der Waals surface area contributed by atoms with E-state index >= 15 is 0 Å². The first-order valence-corrected chi connectivity index (χ1v) is 11.9. The van der Waals surface area contributed by atoms with Crippen molar-refractivity contribution in [3.8, 4) is 0 Å². The Labute approximate surface area is 199 Å². The Balaban J connectivity index is 1.73. The van der Waals surface area contributed by atoms with Gasteiger partial charge in [-0.05, 0) is 58.2 Å². The second kappa shape index (κ2) is 10.7. The number of carbonyl (C=O) groups excluding carboxylic acids is 1. The van der Waals surface area contributed by atoms with E-state index in [2.05, 4.69) is 4.90 Å². The third-order valence-electron chi connectivity index (χ3n) is 6.07. The lowest BCUT2D eigenvalue weighted by molar-refractivity contribution is -0.137. The average Bonchev–Trinajstić information content (AvgIpc) is 3.22. The van der Waals surface area contributed by atoms with Crippen LogP contribution in [0.1, 0.15) is 51.7 Å². The Hall–Kier alpha value is -2.04. The number of halogens is 3. The summed E-state index contributed by atoms with van der Waals surface area (Å²) in [5, 5.41) is 10.3. The molecule has 1 aromatic rings. The lowest BCUT2D eigenvalue weighted by Crippen LogP contribution is -2.49. The molecule has 2 aliphatic heterocycles. The predicted octanol–water partition coefficient (Wildman–Crippen LogP) is 4.08. The molecule has 192 valence electrons. The van der Waals surface area contributed by atoms with Crippen LogP contribution in [-0.4, -0.2) is 78.3 Å². The number of rotatable bonds is 6. The van der Waals surface area contributed by atoms with E-state index in [1.165, 1.54) is 6.07 Å². The van der Waals surface area contributed by atoms with Gasteiger partial charge in [0, 0.05) is 51.6 Å². The van der Waals surface area contributed by atoms with Crippen molar-refractivity contribution in [1.29, 1.82) is 0 Å². The van der Waals surface area contributed by atoms with Gasteiger partial charge in [0.25, 0.3) is 0 Å². The molecule has 1 aromatic carbocycles. The van der Waals surface area contributed by atoms with Gasteiger partial charge in [-0.1, -0.05) is 6.07 Å². The molecule has 2 atom stereocenters. The van der Waals surface area contributed by atoms with Gasteiger partial charge in [-0.2, -0.15) is 13.2 Å². The quantitative estimate of drug-likeness (QED) is 0.610. The smallest absolute Gasteiger partial charge is 0.418 e. The van der Waals surface area contributed by atoms with E-state index in [0.29, 0.717) is 52.1 Å². The van der Waals surface area contributed by atoms with Gasteiger partial charge in [-0.15, -0.1) is 0 Å². The summed E-state index contributed by atoms with van der Waals surface area (Å²) in [6.45, 7) is 10.6. The number of hydrogen-bond acceptors (Lipinski definition) is 6. The highest BCUT2D eigenvalue weighted by molar-refractivity contribution is 5.68. The van der Waals surface area contributed by atoms with Crippen molar-refractivity contribution in [2.45, 2.75) is 71.2 Å². The molecule has 7 nitrogen and oxygen atoms in total. The number of alkyl halides is 3. The molecule has 0 aromatic heterocycles. The first kappa shape index (κ1) is 26.6. The molecule has 0 radical (unpaired) electrons. The van der Waals surface area contributed by atoms with Gasteiger partial charge in [0.15, 0.2) is 6.29 Å². The summed E-state index contributed by atoms with van der Waals surface area (Å²) in [6.07, 6.45) is -4.75. The number of hydrogen-bond donors (Lipinski definition) is 1. The molecule has 3 rings (SSSR count). The fourth-order valence-corrected chi connectivity index (χ4v) is 4.50. The normalized spacial score (nSPS) is 21.1. The molecular weight excluding hydrogens is 451 g/mol. The lowest BCUT2D eigenvalue weighted by atomic mass is 10.1. The maximum Gasteiger partial charge on any atom is 0.418 e. The Morgan fingerprint density at radius 1 is 1.15 bits per heavy atom. The minimum atomic E-state index is -4.50. The number of nitrogens with zero attached hydrogens (tertiary/aromatic N) is 3. The lowest BCUT2D eigenvalue weighted by Gasteiger charge is -2.36. The van der Waals surface area contributed by atoms with E-state index in [0.717, 1.165) is 11.6 Å². The van der Waals surface area contributed by atoms with Gasteiger partial charge >= 0.3 is 12.3 Å². The van der Waals surface area contributed by atoms with Crippen LogP contribution in [0.15, 0.2) is 18.2 Å². The van der Waals surface area contributed by atoms with Crippen molar-refractivity contribution in [3.05, 3.63) is 29.3 Å². The predicted molar refractivity (Wildman–Crippen MR) is 123 cm³/mol. The van der Waals surface area contributed by atoms with Gasteiger partial charge < -0.3 is 24.4 Å².